The Balaban J connectivity index is 1.71. The lowest BCUT2D eigenvalue weighted by atomic mass is 9.99. The molecule has 2 atom stereocenters. The summed E-state index contributed by atoms with van der Waals surface area (Å²) in [5.74, 6) is 1.87. The van der Waals surface area contributed by atoms with Gasteiger partial charge in [0.1, 0.15) is 5.82 Å². The number of ether oxygens (including phenoxy) is 1. The van der Waals surface area contributed by atoms with E-state index in [1.807, 2.05) is 25.1 Å². The highest BCUT2D eigenvalue weighted by atomic mass is 16.5. The molecule has 0 saturated carbocycles. The van der Waals surface area contributed by atoms with Gasteiger partial charge in [-0.1, -0.05) is 19.1 Å². The number of imidazole rings is 1. The van der Waals surface area contributed by atoms with E-state index in [0.29, 0.717) is 13.1 Å². The summed E-state index contributed by atoms with van der Waals surface area (Å²) in [4.78, 5) is 23.5. The molecule has 0 bridgehead atoms. The second kappa shape index (κ2) is 8.41. The second-order valence-corrected chi connectivity index (χ2v) is 7.05. The number of likely N-dealkylation sites (tertiary alicyclic amines) is 1. The third kappa shape index (κ3) is 4.07. The summed E-state index contributed by atoms with van der Waals surface area (Å²) < 4.78 is 7.14. The molecule has 27 heavy (non-hydrogen) atoms. The van der Waals surface area contributed by atoms with Crippen molar-refractivity contribution in [3.63, 3.8) is 0 Å². The average Bonchev–Trinajstić information content (AvgIpc) is 3.20. The molecule has 1 fully saturated rings. The van der Waals surface area contributed by atoms with Crippen molar-refractivity contribution in [2.75, 3.05) is 33.3 Å². The van der Waals surface area contributed by atoms with Gasteiger partial charge in [-0.3, -0.25) is 9.79 Å². The fourth-order valence-corrected chi connectivity index (χ4v) is 3.76. The Morgan fingerprint density at radius 3 is 2.89 bits per heavy atom. The Bertz CT molecular complexity index is 829. The maximum atomic E-state index is 12.0. The van der Waals surface area contributed by atoms with E-state index in [2.05, 4.69) is 39.7 Å². The Labute approximate surface area is 160 Å². The van der Waals surface area contributed by atoms with Crippen molar-refractivity contribution < 1.29 is 9.53 Å². The maximum Gasteiger partial charge on any atom is 0.310 e. The molecule has 1 aromatic heterocycles. The highest BCUT2D eigenvalue weighted by molar-refractivity contribution is 5.82. The van der Waals surface area contributed by atoms with Gasteiger partial charge in [-0.25, -0.2) is 4.98 Å². The zero-order valence-electron chi connectivity index (χ0n) is 16.6. The summed E-state index contributed by atoms with van der Waals surface area (Å²) in [6, 6.07) is 8.16. The van der Waals surface area contributed by atoms with Crippen molar-refractivity contribution in [1.82, 2.24) is 19.8 Å². The third-order valence-corrected chi connectivity index (χ3v) is 5.18. The molecule has 2 aromatic rings. The number of nitrogens with one attached hydrogen (secondary N) is 1. The summed E-state index contributed by atoms with van der Waals surface area (Å²) in [5, 5.41) is 3.35. The van der Waals surface area contributed by atoms with E-state index < -0.39 is 0 Å². The van der Waals surface area contributed by atoms with Crippen molar-refractivity contribution >= 4 is 23.0 Å². The van der Waals surface area contributed by atoms with Crippen LogP contribution < -0.4 is 5.32 Å². The molecule has 0 amide bonds. The number of aliphatic imine (C=N–C) groups is 1. The summed E-state index contributed by atoms with van der Waals surface area (Å²) in [7, 11) is 1.45. The Kier molecular flexibility index (Phi) is 5.98. The number of guanidine groups is 1. The molecule has 3 rings (SSSR count). The summed E-state index contributed by atoms with van der Waals surface area (Å²) in [5.41, 5.74) is 2.15. The van der Waals surface area contributed by atoms with Crippen LogP contribution >= 0.6 is 0 Å². The highest BCUT2D eigenvalue weighted by Gasteiger charge is 2.36. The Morgan fingerprint density at radius 2 is 2.15 bits per heavy atom. The van der Waals surface area contributed by atoms with E-state index in [-0.39, 0.29) is 17.8 Å². The minimum Gasteiger partial charge on any atom is -0.469 e. The highest BCUT2D eigenvalue weighted by Crippen LogP contribution is 2.24. The Hall–Kier alpha value is -2.57. The molecule has 1 N–H and O–H groups in total. The minimum atomic E-state index is -0.138. The average molecular weight is 371 g/mol. The van der Waals surface area contributed by atoms with E-state index in [9.17, 15) is 4.79 Å². The number of rotatable bonds is 5. The quantitative estimate of drug-likeness (QED) is 0.495. The number of methoxy groups -OCH3 is 1. The summed E-state index contributed by atoms with van der Waals surface area (Å²) in [6.07, 6.45) is 0. The zero-order valence-corrected chi connectivity index (χ0v) is 16.6. The molecule has 7 nitrogen and oxygen atoms in total. The van der Waals surface area contributed by atoms with Gasteiger partial charge in [0.2, 0.25) is 0 Å². The van der Waals surface area contributed by atoms with Gasteiger partial charge in [0.25, 0.3) is 0 Å². The van der Waals surface area contributed by atoms with E-state index >= 15 is 0 Å². The number of para-hydroxylation sites is 2. The molecule has 1 aromatic carbocycles. The van der Waals surface area contributed by atoms with E-state index in [1.165, 1.54) is 7.11 Å². The number of hydrogen-bond acceptors (Lipinski definition) is 4. The molecule has 0 radical (unpaired) electrons. The molecule has 7 heteroatoms. The van der Waals surface area contributed by atoms with Gasteiger partial charge in [0.15, 0.2) is 5.96 Å². The van der Waals surface area contributed by atoms with Crippen molar-refractivity contribution in [2.45, 2.75) is 27.3 Å². The van der Waals surface area contributed by atoms with Crippen LogP contribution in [0.3, 0.4) is 0 Å². The van der Waals surface area contributed by atoms with Crippen molar-refractivity contribution in [2.24, 2.45) is 16.8 Å². The molecule has 0 spiro atoms. The molecule has 1 aliphatic heterocycles. The van der Waals surface area contributed by atoms with Crippen LogP contribution in [0, 0.1) is 18.8 Å². The topological polar surface area (TPSA) is 71.8 Å². The molecular weight excluding hydrogens is 342 g/mol. The normalized spacial score (nSPS) is 20.3. The molecule has 2 heterocycles. The van der Waals surface area contributed by atoms with Crippen LogP contribution in [0.1, 0.15) is 19.7 Å². The fourth-order valence-electron chi connectivity index (χ4n) is 3.76. The number of aryl methyl sites for hydroxylation is 1. The number of benzene rings is 1. The van der Waals surface area contributed by atoms with Gasteiger partial charge in [-0.2, -0.15) is 0 Å². The van der Waals surface area contributed by atoms with Gasteiger partial charge >= 0.3 is 5.97 Å². The third-order valence-electron chi connectivity index (χ3n) is 5.18. The number of nitrogens with zero attached hydrogens (tertiary/aromatic N) is 4. The van der Waals surface area contributed by atoms with Gasteiger partial charge in [-0.05, 0) is 31.9 Å². The number of carbonyl (C=O) groups is 1. The SMILES string of the molecule is CCNC(=NCCn1c(C)nc2ccccc21)N1CC(C)C(C(=O)OC)C1. The Morgan fingerprint density at radius 1 is 1.37 bits per heavy atom. The standard InChI is InChI=1S/C20H29N5O2/c1-5-21-20(24-12-14(2)16(13-24)19(26)27-4)22-10-11-25-15(3)23-17-8-6-7-9-18(17)25/h6-9,14,16H,5,10-13H2,1-4H3,(H,21,22). The van der Waals surface area contributed by atoms with Gasteiger partial charge in [-0.15, -0.1) is 0 Å². The number of carbonyl (C=O) groups excluding carboxylic acids is 1. The number of hydrogen-bond donors (Lipinski definition) is 1. The lowest BCUT2D eigenvalue weighted by Crippen LogP contribution is -2.40. The van der Waals surface area contributed by atoms with E-state index in [0.717, 1.165) is 42.5 Å². The van der Waals surface area contributed by atoms with Crippen LogP contribution in [0.25, 0.3) is 11.0 Å². The maximum absolute atomic E-state index is 12.0. The smallest absolute Gasteiger partial charge is 0.310 e. The largest absolute Gasteiger partial charge is 0.469 e. The van der Waals surface area contributed by atoms with Crippen LogP contribution in [0.2, 0.25) is 0 Å². The van der Waals surface area contributed by atoms with Crippen molar-refractivity contribution in [3.05, 3.63) is 30.1 Å². The minimum absolute atomic E-state index is 0.0984. The predicted molar refractivity (Wildman–Crippen MR) is 107 cm³/mol. The van der Waals surface area contributed by atoms with E-state index in [4.69, 9.17) is 9.73 Å². The predicted octanol–water partition coefficient (Wildman–Crippen LogP) is 2.05. The first-order chi connectivity index (χ1) is 13.0. The fraction of sp³-hybridized carbons (Fsp3) is 0.550. The summed E-state index contributed by atoms with van der Waals surface area (Å²) in [6.45, 7) is 9.83. The molecule has 2 unspecified atom stereocenters. The molecular formula is C20H29N5O2. The van der Waals surface area contributed by atoms with Crippen LogP contribution in [-0.2, 0) is 16.1 Å². The molecule has 0 aliphatic carbocycles. The molecule has 1 aliphatic rings. The van der Waals surface area contributed by atoms with Crippen LogP contribution in [0.5, 0.6) is 0 Å². The number of fused-ring (bicyclic) bond motifs is 1. The van der Waals surface area contributed by atoms with Gasteiger partial charge < -0.3 is 19.5 Å². The van der Waals surface area contributed by atoms with Crippen molar-refractivity contribution in [3.8, 4) is 0 Å². The first-order valence-electron chi connectivity index (χ1n) is 9.58. The first kappa shape index (κ1) is 19.2. The van der Waals surface area contributed by atoms with E-state index in [1.54, 1.807) is 0 Å². The second-order valence-electron chi connectivity index (χ2n) is 7.05. The number of aromatic nitrogens is 2. The molecule has 146 valence electrons. The monoisotopic (exact) mass is 371 g/mol. The number of esters is 1. The van der Waals surface area contributed by atoms with Gasteiger partial charge in [0, 0.05) is 26.2 Å². The lowest BCUT2D eigenvalue weighted by molar-refractivity contribution is -0.145. The zero-order chi connectivity index (χ0) is 19.4. The van der Waals surface area contributed by atoms with Gasteiger partial charge in [0.05, 0.1) is 30.6 Å². The first-order valence-corrected chi connectivity index (χ1v) is 9.58. The van der Waals surface area contributed by atoms with Crippen LogP contribution in [0.4, 0.5) is 0 Å². The van der Waals surface area contributed by atoms with Crippen LogP contribution in [-0.4, -0.2) is 59.7 Å². The lowest BCUT2D eigenvalue weighted by Gasteiger charge is -2.21. The molecule has 1 saturated heterocycles. The van der Waals surface area contributed by atoms with Crippen LogP contribution in [0.15, 0.2) is 29.3 Å². The van der Waals surface area contributed by atoms with Crippen molar-refractivity contribution in [1.29, 1.82) is 0 Å². The summed E-state index contributed by atoms with van der Waals surface area (Å²) >= 11 is 0.